The summed E-state index contributed by atoms with van der Waals surface area (Å²) in [5.41, 5.74) is 5.64. The third-order valence-corrected chi connectivity index (χ3v) is 7.77. The van der Waals surface area contributed by atoms with Crippen molar-refractivity contribution < 1.29 is 21.9 Å². The van der Waals surface area contributed by atoms with Crippen LogP contribution in [-0.2, 0) is 26.6 Å². The number of aliphatic hydroxyl groups excluding tert-OH is 1. The van der Waals surface area contributed by atoms with Crippen molar-refractivity contribution in [1.82, 2.24) is 34.9 Å². The Bertz CT molecular complexity index is 1350. The molecular formula is C16H22N10O5S2. The van der Waals surface area contributed by atoms with Crippen molar-refractivity contribution in [3.63, 3.8) is 0 Å². The molecule has 0 fully saturated rings. The van der Waals surface area contributed by atoms with E-state index in [-0.39, 0.29) is 17.9 Å². The highest BCUT2D eigenvalue weighted by molar-refractivity contribution is 7.92. The minimum absolute atomic E-state index is 0.104. The van der Waals surface area contributed by atoms with Gasteiger partial charge in [0.2, 0.25) is 26.0 Å². The van der Waals surface area contributed by atoms with Gasteiger partial charge in [-0.05, 0) is 29.0 Å². The molecule has 3 aromatic rings. The molecule has 1 aliphatic rings. The Morgan fingerprint density at radius 3 is 2.67 bits per heavy atom. The van der Waals surface area contributed by atoms with Crippen LogP contribution in [0.2, 0.25) is 0 Å². The second-order valence-electron chi connectivity index (χ2n) is 7.24. The van der Waals surface area contributed by atoms with Gasteiger partial charge in [0.1, 0.15) is 9.79 Å². The molecule has 0 aliphatic carbocycles. The van der Waals surface area contributed by atoms with Crippen molar-refractivity contribution in [2.45, 2.75) is 28.8 Å². The number of aromatic amines is 1. The molecule has 33 heavy (non-hydrogen) atoms. The van der Waals surface area contributed by atoms with Gasteiger partial charge in [-0.1, -0.05) is 0 Å². The number of imidazole rings is 1. The first-order valence-electron chi connectivity index (χ1n) is 9.73. The first-order chi connectivity index (χ1) is 15.7. The predicted molar refractivity (Wildman–Crippen MR) is 115 cm³/mol. The maximum absolute atomic E-state index is 13.1. The van der Waals surface area contributed by atoms with E-state index in [0.29, 0.717) is 24.7 Å². The molecule has 0 unspecified atom stereocenters. The zero-order valence-corrected chi connectivity index (χ0v) is 18.8. The molecule has 178 valence electrons. The Hall–Kier alpha value is -2.96. The maximum atomic E-state index is 13.1. The number of aliphatic hydroxyl groups is 1. The van der Waals surface area contributed by atoms with Gasteiger partial charge >= 0.3 is 0 Å². The van der Waals surface area contributed by atoms with E-state index in [1.54, 1.807) is 17.3 Å². The fraction of sp³-hybridized carbons (Fsp3) is 0.375. The summed E-state index contributed by atoms with van der Waals surface area (Å²) in [6.07, 6.45) is 4.11. The lowest BCUT2D eigenvalue weighted by atomic mass is 10.1. The van der Waals surface area contributed by atoms with Crippen LogP contribution in [0.1, 0.15) is 6.42 Å². The SMILES string of the molecule is NC[C@H](CO)NS(=O)(=O)c1ccc(N2CCCn3ccnc32)c(-c2nnn[nH]2)c1S(N)(=O)=O. The summed E-state index contributed by atoms with van der Waals surface area (Å²) in [6.45, 7) is 0.381. The van der Waals surface area contributed by atoms with Crippen LogP contribution >= 0.6 is 0 Å². The molecule has 0 saturated carbocycles. The van der Waals surface area contributed by atoms with E-state index in [0.717, 1.165) is 12.5 Å². The molecule has 1 aromatic carbocycles. The summed E-state index contributed by atoms with van der Waals surface area (Å²) in [6, 6.07) is 1.52. The Morgan fingerprint density at radius 1 is 1.24 bits per heavy atom. The number of rotatable bonds is 8. The van der Waals surface area contributed by atoms with Crippen molar-refractivity contribution in [1.29, 1.82) is 0 Å². The number of anilines is 2. The van der Waals surface area contributed by atoms with E-state index in [4.69, 9.17) is 10.9 Å². The van der Waals surface area contributed by atoms with Gasteiger partial charge in [0.05, 0.1) is 23.9 Å². The van der Waals surface area contributed by atoms with Gasteiger partial charge in [-0.2, -0.15) is 0 Å². The number of tetrazole rings is 1. The van der Waals surface area contributed by atoms with Gasteiger partial charge in [0.25, 0.3) is 0 Å². The molecule has 7 N–H and O–H groups in total. The molecule has 0 saturated heterocycles. The Labute approximate surface area is 188 Å². The van der Waals surface area contributed by atoms with E-state index in [2.05, 4.69) is 30.3 Å². The largest absolute Gasteiger partial charge is 0.395 e. The first kappa shape index (κ1) is 23.2. The number of nitrogens with one attached hydrogen (secondary N) is 2. The highest BCUT2D eigenvalue weighted by Crippen LogP contribution is 2.41. The van der Waals surface area contributed by atoms with Gasteiger partial charge in [-0.25, -0.2) is 36.8 Å². The van der Waals surface area contributed by atoms with Crippen LogP contribution in [0, 0.1) is 0 Å². The number of hydrogen-bond acceptors (Lipinski definition) is 11. The minimum Gasteiger partial charge on any atom is -0.395 e. The Morgan fingerprint density at radius 2 is 2.03 bits per heavy atom. The van der Waals surface area contributed by atoms with Crippen LogP contribution in [0.25, 0.3) is 11.4 Å². The van der Waals surface area contributed by atoms with E-state index in [1.165, 1.54) is 6.07 Å². The fourth-order valence-electron chi connectivity index (χ4n) is 3.66. The van der Waals surface area contributed by atoms with Crippen LogP contribution in [0.4, 0.5) is 11.6 Å². The van der Waals surface area contributed by atoms with Crippen molar-refractivity contribution in [2.24, 2.45) is 10.9 Å². The molecule has 4 rings (SSSR count). The monoisotopic (exact) mass is 498 g/mol. The summed E-state index contributed by atoms with van der Waals surface area (Å²) < 4.78 is 55.8. The zero-order valence-electron chi connectivity index (χ0n) is 17.2. The van der Waals surface area contributed by atoms with Crippen molar-refractivity contribution in [3.05, 3.63) is 24.5 Å². The molecule has 0 bridgehead atoms. The summed E-state index contributed by atoms with van der Waals surface area (Å²) >= 11 is 0. The fourth-order valence-corrected chi connectivity index (χ4v) is 6.50. The summed E-state index contributed by atoms with van der Waals surface area (Å²) in [4.78, 5) is 4.73. The van der Waals surface area contributed by atoms with E-state index in [9.17, 15) is 21.9 Å². The van der Waals surface area contributed by atoms with Crippen LogP contribution in [0.3, 0.4) is 0 Å². The number of benzene rings is 1. The number of hydrogen-bond donors (Lipinski definition) is 5. The highest BCUT2D eigenvalue weighted by Gasteiger charge is 2.35. The smallest absolute Gasteiger partial charge is 0.242 e. The summed E-state index contributed by atoms with van der Waals surface area (Å²) in [5, 5.41) is 28.2. The van der Waals surface area contributed by atoms with Crippen molar-refractivity contribution >= 4 is 31.7 Å². The van der Waals surface area contributed by atoms with E-state index >= 15 is 0 Å². The third kappa shape index (κ3) is 4.33. The number of aryl methyl sites for hydroxylation is 1. The lowest BCUT2D eigenvalue weighted by molar-refractivity contribution is 0.259. The van der Waals surface area contributed by atoms with Gasteiger partial charge < -0.3 is 20.3 Å². The zero-order chi connectivity index (χ0) is 23.8. The second kappa shape index (κ2) is 8.76. The summed E-state index contributed by atoms with van der Waals surface area (Å²) in [7, 11) is -9.11. The van der Waals surface area contributed by atoms with Gasteiger partial charge in [0, 0.05) is 32.0 Å². The molecule has 3 heterocycles. The van der Waals surface area contributed by atoms with Crippen molar-refractivity contribution in [2.75, 3.05) is 24.6 Å². The average Bonchev–Trinajstić information content (AvgIpc) is 3.47. The van der Waals surface area contributed by atoms with Crippen LogP contribution in [0.5, 0.6) is 0 Å². The number of H-pyrrole nitrogens is 1. The maximum Gasteiger partial charge on any atom is 0.242 e. The normalized spacial score (nSPS) is 15.4. The lowest BCUT2D eigenvalue weighted by Gasteiger charge is -2.31. The molecule has 0 amide bonds. The van der Waals surface area contributed by atoms with Crippen LogP contribution < -0.4 is 20.5 Å². The number of nitrogens with zero attached hydrogens (tertiary/aromatic N) is 6. The molecular weight excluding hydrogens is 476 g/mol. The lowest BCUT2D eigenvalue weighted by Crippen LogP contribution is -2.43. The predicted octanol–water partition coefficient (Wildman–Crippen LogP) is -2.15. The molecule has 17 heteroatoms. The summed E-state index contributed by atoms with van der Waals surface area (Å²) in [5.74, 6) is 0.430. The molecule has 1 atom stereocenters. The molecule has 0 spiro atoms. The first-order valence-corrected chi connectivity index (χ1v) is 12.8. The number of fused-ring (bicyclic) bond motifs is 1. The topological polar surface area (TPSA) is 228 Å². The molecule has 1 aliphatic heterocycles. The molecule has 0 radical (unpaired) electrons. The van der Waals surface area contributed by atoms with E-state index in [1.807, 2.05) is 4.57 Å². The minimum atomic E-state index is -4.63. The standard InChI is InChI=1S/C16H22N10O5S2/c17-8-10(9-27)22-33(30,31)12-3-2-11(26-6-1-5-25-7-4-19-16(25)26)13(14(12)32(18,28)29)15-20-23-24-21-15/h2-4,7,10,22,27H,1,5-6,8-9,17H2,(H2,18,28,29)(H,20,21,23,24)/t10-/m1/s1. The Balaban J connectivity index is 2.01. The number of nitrogens with two attached hydrogens (primary N) is 2. The number of primary sulfonamides is 1. The number of sulfonamides is 2. The molecule has 15 nitrogen and oxygen atoms in total. The Kier molecular flexibility index (Phi) is 6.16. The van der Waals surface area contributed by atoms with Gasteiger partial charge in [0.15, 0.2) is 5.82 Å². The van der Waals surface area contributed by atoms with Gasteiger partial charge in [-0.15, -0.1) is 5.10 Å². The van der Waals surface area contributed by atoms with Gasteiger partial charge in [-0.3, -0.25) is 0 Å². The average molecular weight is 499 g/mol. The third-order valence-electron chi connectivity index (χ3n) is 5.09. The quantitative estimate of drug-likeness (QED) is 0.225. The van der Waals surface area contributed by atoms with Crippen molar-refractivity contribution in [3.8, 4) is 11.4 Å². The highest BCUT2D eigenvalue weighted by atomic mass is 32.2. The van der Waals surface area contributed by atoms with Crippen LogP contribution in [0.15, 0.2) is 34.3 Å². The second-order valence-corrected chi connectivity index (χ2v) is 10.4. The number of aromatic nitrogens is 6. The van der Waals surface area contributed by atoms with Crippen LogP contribution in [-0.4, -0.2) is 77.9 Å². The molecule has 2 aromatic heterocycles. The van der Waals surface area contributed by atoms with E-state index < -0.39 is 42.5 Å².